The minimum absolute atomic E-state index is 0.0267. The molecule has 1 saturated carbocycles. The molecule has 1 aliphatic carbocycles. The molecule has 0 radical (unpaired) electrons. The number of nitriles is 1. The summed E-state index contributed by atoms with van der Waals surface area (Å²) in [5.41, 5.74) is -1.05. The predicted octanol–water partition coefficient (Wildman–Crippen LogP) is 3.32. The Balaban J connectivity index is 2.24. The highest BCUT2D eigenvalue weighted by Gasteiger charge is 2.41. The maximum Gasteiger partial charge on any atom is 0.290 e. The third-order valence-electron chi connectivity index (χ3n) is 4.53. The van der Waals surface area contributed by atoms with Crippen LogP contribution in [0.3, 0.4) is 0 Å². The molecule has 25 heavy (non-hydrogen) atoms. The molecule has 0 unspecified atom stereocenters. The van der Waals surface area contributed by atoms with Crippen molar-refractivity contribution in [1.29, 1.82) is 5.26 Å². The van der Waals surface area contributed by atoms with Crippen molar-refractivity contribution in [1.82, 2.24) is 5.32 Å². The fourth-order valence-electron chi connectivity index (χ4n) is 3.20. The Morgan fingerprint density at radius 3 is 2.64 bits per heavy atom. The van der Waals surface area contributed by atoms with Gasteiger partial charge in [-0.3, -0.25) is 14.9 Å². The second-order valence-corrected chi connectivity index (χ2v) is 6.78. The van der Waals surface area contributed by atoms with Crippen LogP contribution in [0, 0.1) is 26.9 Å². The number of rotatable bonds is 6. The first-order valence-corrected chi connectivity index (χ1v) is 8.51. The summed E-state index contributed by atoms with van der Waals surface area (Å²) in [5, 5.41) is 23.3. The second kappa shape index (κ2) is 7.97. The van der Waals surface area contributed by atoms with Crippen LogP contribution in [0.2, 0.25) is 0 Å². The van der Waals surface area contributed by atoms with E-state index in [1.807, 2.05) is 19.9 Å². The second-order valence-electron chi connectivity index (χ2n) is 6.78. The van der Waals surface area contributed by atoms with Gasteiger partial charge in [0.1, 0.15) is 18.4 Å². The zero-order valence-electron chi connectivity index (χ0n) is 14.6. The smallest absolute Gasteiger partial charge is 0.290 e. The number of hydrogen-bond acceptors (Lipinski definition) is 5. The van der Waals surface area contributed by atoms with Crippen LogP contribution in [-0.4, -0.2) is 23.5 Å². The molecule has 1 fully saturated rings. The monoisotopic (exact) mass is 345 g/mol. The van der Waals surface area contributed by atoms with Gasteiger partial charge in [-0.15, -0.1) is 0 Å². The summed E-state index contributed by atoms with van der Waals surface area (Å²) in [6.07, 6.45) is 4.38. The van der Waals surface area contributed by atoms with Crippen molar-refractivity contribution in [2.45, 2.75) is 52.0 Å². The average Bonchev–Trinajstić information content (AvgIpc) is 2.59. The number of hydrogen-bond donors (Lipinski definition) is 1. The van der Waals surface area contributed by atoms with Crippen LogP contribution in [-0.2, 0) is 4.79 Å². The van der Waals surface area contributed by atoms with Gasteiger partial charge >= 0.3 is 0 Å². The molecule has 1 amide bonds. The van der Waals surface area contributed by atoms with Crippen molar-refractivity contribution in [2.75, 3.05) is 6.61 Å². The highest BCUT2D eigenvalue weighted by Crippen LogP contribution is 2.38. The van der Waals surface area contributed by atoms with Gasteiger partial charge in [0, 0.05) is 12.1 Å². The minimum Gasteiger partial charge on any atom is -0.491 e. The van der Waals surface area contributed by atoms with Gasteiger partial charge in [-0.2, -0.15) is 5.26 Å². The Morgan fingerprint density at radius 1 is 1.40 bits per heavy atom. The van der Waals surface area contributed by atoms with E-state index in [0.717, 1.165) is 19.3 Å². The lowest BCUT2D eigenvalue weighted by Gasteiger charge is -2.36. The van der Waals surface area contributed by atoms with Gasteiger partial charge in [-0.25, -0.2) is 0 Å². The maximum absolute atomic E-state index is 12.7. The summed E-state index contributed by atoms with van der Waals surface area (Å²) in [5.74, 6) is 0.102. The molecule has 0 heterocycles. The molecule has 0 aromatic heterocycles. The molecular weight excluding hydrogens is 322 g/mol. The highest BCUT2D eigenvalue weighted by atomic mass is 16.6. The molecule has 7 nitrogen and oxygen atoms in total. The Morgan fingerprint density at radius 2 is 2.08 bits per heavy atom. The van der Waals surface area contributed by atoms with E-state index < -0.39 is 10.3 Å². The van der Waals surface area contributed by atoms with E-state index >= 15 is 0 Å². The third kappa shape index (κ3) is 4.27. The van der Waals surface area contributed by atoms with E-state index in [2.05, 4.69) is 5.32 Å². The largest absolute Gasteiger partial charge is 0.491 e. The number of benzene rings is 1. The van der Waals surface area contributed by atoms with Crippen molar-refractivity contribution >= 4 is 11.6 Å². The molecule has 0 aliphatic heterocycles. The van der Waals surface area contributed by atoms with Gasteiger partial charge in [0.2, 0.25) is 5.91 Å². The van der Waals surface area contributed by atoms with E-state index in [1.165, 1.54) is 18.2 Å². The summed E-state index contributed by atoms with van der Waals surface area (Å²) >= 11 is 0. The van der Waals surface area contributed by atoms with Crippen LogP contribution in [0.25, 0.3) is 0 Å². The number of nitro groups is 1. The van der Waals surface area contributed by atoms with Crippen LogP contribution in [0.1, 0.15) is 51.5 Å². The molecule has 1 aromatic rings. The lowest BCUT2D eigenvalue weighted by molar-refractivity contribution is -0.385. The number of nitrogens with zero attached hydrogens (tertiary/aromatic N) is 2. The van der Waals surface area contributed by atoms with E-state index in [-0.39, 0.29) is 35.6 Å². The molecule has 7 heteroatoms. The van der Waals surface area contributed by atoms with E-state index in [1.54, 1.807) is 0 Å². The highest BCUT2D eigenvalue weighted by molar-refractivity contribution is 5.83. The number of nitro benzene ring substituents is 1. The fourth-order valence-corrected chi connectivity index (χ4v) is 3.20. The number of nitrogens with one attached hydrogen (secondary N) is 1. The van der Waals surface area contributed by atoms with Gasteiger partial charge in [0.05, 0.1) is 10.3 Å². The van der Waals surface area contributed by atoms with E-state index in [9.17, 15) is 20.2 Å². The zero-order chi connectivity index (χ0) is 18.4. The van der Waals surface area contributed by atoms with E-state index in [0.29, 0.717) is 12.8 Å². The molecule has 134 valence electrons. The SMILES string of the molecule is CC(C)NC(=O)C1(COc2cccc([N+](=O)[O-])c2C#N)CCCCC1. The van der Waals surface area contributed by atoms with Gasteiger partial charge in [0.25, 0.3) is 5.69 Å². The Bertz CT molecular complexity index is 688. The summed E-state index contributed by atoms with van der Waals surface area (Å²) in [6.45, 7) is 3.93. The summed E-state index contributed by atoms with van der Waals surface area (Å²) in [6, 6.07) is 6.15. The Labute approximate surface area is 147 Å². The molecule has 2 rings (SSSR count). The van der Waals surface area contributed by atoms with Crippen molar-refractivity contribution in [3.63, 3.8) is 0 Å². The van der Waals surface area contributed by atoms with Crippen molar-refractivity contribution in [3.05, 3.63) is 33.9 Å². The molecule has 0 spiro atoms. The normalized spacial score (nSPS) is 16.1. The number of carbonyl (C=O) groups excluding carboxylic acids is 1. The lowest BCUT2D eigenvalue weighted by Crippen LogP contribution is -2.48. The molecule has 0 saturated heterocycles. The number of amides is 1. The third-order valence-corrected chi connectivity index (χ3v) is 4.53. The molecular formula is C18H23N3O4. The molecule has 1 aliphatic rings. The maximum atomic E-state index is 12.7. The first-order chi connectivity index (χ1) is 11.9. The van der Waals surface area contributed by atoms with Crippen LogP contribution >= 0.6 is 0 Å². The van der Waals surface area contributed by atoms with Crippen molar-refractivity contribution < 1.29 is 14.5 Å². The van der Waals surface area contributed by atoms with Crippen molar-refractivity contribution in [2.24, 2.45) is 5.41 Å². The zero-order valence-corrected chi connectivity index (χ0v) is 14.6. The van der Waals surface area contributed by atoms with Crippen molar-refractivity contribution in [3.8, 4) is 11.8 Å². The van der Waals surface area contributed by atoms with Gasteiger partial charge in [-0.1, -0.05) is 25.3 Å². The Hall–Kier alpha value is -2.62. The lowest BCUT2D eigenvalue weighted by atomic mass is 9.73. The van der Waals surface area contributed by atoms with Crippen LogP contribution in [0.15, 0.2) is 18.2 Å². The number of carbonyl (C=O) groups is 1. The van der Waals surface area contributed by atoms with Gasteiger partial charge in [-0.05, 0) is 32.8 Å². The molecule has 1 aromatic carbocycles. The summed E-state index contributed by atoms with van der Waals surface area (Å²) in [4.78, 5) is 23.2. The quantitative estimate of drug-likeness (QED) is 0.629. The number of ether oxygens (including phenoxy) is 1. The summed E-state index contributed by atoms with van der Waals surface area (Å²) in [7, 11) is 0. The summed E-state index contributed by atoms with van der Waals surface area (Å²) < 4.78 is 5.78. The standard InChI is InChI=1S/C18H23N3O4/c1-13(2)20-17(22)18(9-4-3-5-10-18)12-25-16-8-6-7-15(21(23)24)14(16)11-19/h6-8,13H,3-5,9-10,12H2,1-2H3,(H,20,22). The van der Waals surface area contributed by atoms with E-state index in [4.69, 9.17) is 4.74 Å². The molecule has 0 atom stereocenters. The topological polar surface area (TPSA) is 105 Å². The first-order valence-electron chi connectivity index (χ1n) is 8.51. The van der Waals surface area contributed by atoms with Crippen LogP contribution < -0.4 is 10.1 Å². The van der Waals surface area contributed by atoms with Crippen LogP contribution in [0.4, 0.5) is 5.69 Å². The van der Waals surface area contributed by atoms with Crippen LogP contribution in [0.5, 0.6) is 5.75 Å². The first kappa shape index (κ1) is 18.7. The minimum atomic E-state index is -0.653. The van der Waals surface area contributed by atoms with Gasteiger partial charge < -0.3 is 10.1 Å². The molecule has 0 bridgehead atoms. The molecule has 1 N–H and O–H groups in total. The Kier molecular flexibility index (Phi) is 5.97. The van der Waals surface area contributed by atoms with Gasteiger partial charge in [0.15, 0.2) is 5.56 Å². The predicted molar refractivity (Wildman–Crippen MR) is 92.1 cm³/mol. The fraction of sp³-hybridized carbons (Fsp3) is 0.556. The average molecular weight is 345 g/mol.